The molecule has 5 nitrogen and oxygen atoms in total. The molecule has 0 aliphatic carbocycles. The van der Waals surface area contributed by atoms with Crippen molar-refractivity contribution in [1.29, 1.82) is 0 Å². The standard InChI is InChI=1S/C19H21NO4/c1-3-14(4-2)24-15-11-9-13(10-12-15)18(21)20-17-8-6-5-7-16(17)19(22)23/h5-12,14H,3-4H2,1-2H3,(H,20,21)(H,22,23). The van der Waals surface area contributed by atoms with Crippen LogP contribution in [0.15, 0.2) is 48.5 Å². The highest BCUT2D eigenvalue weighted by atomic mass is 16.5. The SMILES string of the molecule is CCC(CC)Oc1ccc(C(=O)Nc2ccccc2C(=O)O)cc1. The minimum absolute atomic E-state index is 0.0551. The number of ether oxygens (including phenoxy) is 1. The van der Waals surface area contributed by atoms with E-state index in [1.165, 1.54) is 6.07 Å². The van der Waals surface area contributed by atoms with Gasteiger partial charge >= 0.3 is 5.97 Å². The van der Waals surface area contributed by atoms with Gasteiger partial charge in [-0.1, -0.05) is 26.0 Å². The molecule has 0 aliphatic rings. The molecule has 5 heteroatoms. The zero-order chi connectivity index (χ0) is 17.5. The Bertz CT molecular complexity index is 706. The van der Waals surface area contributed by atoms with Gasteiger partial charge in [-0.05, 0) is 49.2 Å². The van der Waals surface area contributed by atoms with Gasteiger partial charge in [0.05, 0.1) is 17.4 Å². The van der Waals surface area contributed by atoms with Gasteiger partial charge in [-0.15, -0.1) is 0 Å². The molecule has 2 aromatic rings. The Morgan fingerprint density at radius 3 is 2.25 bits per heavy atom. The lowest BCUT2D eigenvalue weighted by Crippen LogP contribution is -2.15. The van der Waals surface area contributed by atoms with Crippen LogP contribution in [0.2, 0.25) is 0 Å². The number of carboxylic acid groups (broad SMARTS) is 1. The molecule has 0 spiro atoms. The highest BCUT2D eigenvalue weighted by Gasteiger charge is 2.13. The summed E-state index contributed by atoms with van der Waals surface area (Å²) in [5.74, 6) is -0.733. The largest absolute Gasteiger partial charge is 0.490 e. The summed E-state index contributed by atoms with van der Waals surface area (Å²) in [4.78, 5) is 23.5. The van der Waals surface area contributed by atoms with E-state index < -0.39 is 5.97 Å². The lowest BCUT2D eigenvalue weighted by molar-refractivity contribution is 0.0698. The van der Waals surface area contributed by atoms with E-state index >= 15 is 0 Å². The predicted molar refractivity (Wildman–Crippen MR) is 92.8 cm³/mol. The van der Waals surface area contributed by atoms with Crippen molar-refractivity contribution in [1.82, 2.24) is 0 Å². The minimum Gasteiger partial charge on any atom is -0.490 e. The lowest BCUT2D eigenvalue weighted by atomic mass is 10.1. The first-order valence-corrected chi connectivity index (χ1v) is 7.95. The summed E-state index contributed by atoms with van der Waals surface area (Å²) < 4.78 is 5.81. The summed E-state index contributed by atoms with van der Waals surface area (Å²) in [7, 11) is 0. The molecular formula is C19H21NO4. The molecule has 1 amide bonds. The fourth-order valence-corrected chi connectivity index (χ4v) is 2.31. The van der Waals surface area contributed by atoms with Crippen LogP contribution in [-0.4, -0.2) is 23.1 Å². The molecule has 0 heterocycles. The molecule has 126 valence electrons. The first-order valence-electron chi connectivity index (χ1n) is 7.95. The van der Waals surface area contributed by atoms with E-state index in [0.717, 1.165) is 12.8 Å². The van der Waals surface area contributed by atoms with Crippen LogP contribution >= 0.6 is 0 Å². The van der Waals surface area contributed by atoms with Crippen LogP contribution in [0.25, 0.3) is 0 Å². The molecular weight excluding hydrogens is 306 g/mol. The highest BCUT2D eigenvalue weighted by Crippen LogP contribution is 2.19. The normalized spacial score (nSPS) is 10.5. The number of para-hydroxylation sites is 1. The van der Waals surface area contributed by atoms with Crippen LogP contribution in [0, 0.1) is 0 Å². The van der Waals surface area contributed by atoms with E-state index in [0.29, 0.717) is 11.3 Å². The van der Waals surface area contributed by atoms with E-state index in [9.17, 15) is 9.59 Å². The number of amides is 1. The molecule has 0 saturated carbocycles. The van der Waals surface area contributed by atoms with Crippen molar-refractivity contribution in [2.45, 2.75) is 32.8 Å². The minimum atomic E-state index is -1.08. The predicted octanol–water partition coefficient (Wildman–Crippen LogP) is 4.20. The van der Waals surface area contributed by atoms with Crippen molar-refractivity contribution >= 4 is 17.6 Å². The van der Waals surface area contributed by atoms with Gasteiger partial charge in [0.1, 0.15) is 5.75 Å². The zero-order valence-corrected chi connectivity index (χ0v) is 13.8. The highest BCUT2D eigenvalue weighted by molar-refractivity contribution is 6.07. The van der Waals surface area contributed by atoms with Crippen molar-refractivity contribution < 1.29 is 19.4 Å². The van der Waals surface area contributed by atoms with E-state index in [4.69, 9.17) is 9.84 Å². The first-order chi connectivity index (χ1) is 11.5. The first kappa shape index (κ1) is 17.5. The number of benzene rings is 2. The van der Waals surface area contributed by atoms with Crippen molar-refractivity contribution in [3.8, 4) is 5.75 Å². The third-order valence-corrected chi connectivity index (χ3v) is 3.74. The molecule has 0 atom stereocenters. The monoisotopic (exact) mass is 327 g/mol. The topological polar surface area (TPSA) is 75.6 Å². The molecule has 0 radical (unpaired) electrons. The molecule has 2 aromatic carbocycles. The van der Waals surface area contributed by atoms with Crippen LogP contribution in [0.1, 0.15) is 47.4 Å². The van der Waals surface area contributed by atoms with Gasteiger partial charge in [0.25, 0.3) is 5.91 Å². The number of aromatic carboxylic acids is 1. The maximum absolute atomic E-state index is 12.3. The number of carbonyl (C=O) groups is 2. The molecule has 24 heavy (non-hydrogen) atoms. The second-order valence-corrected chi connectivity index (χ2v) is 5.39. The van der Waals surface area contributed by atoms with E-state index in [-0.39, 0.29) is 23.3 Å². The maximum atomic E-state index is 12.3. The Kier molecular flexibility index (Phi) is 5.95. The lowest BCUT2D eigenvalue weighted by Gasteiger charge is -2.15. The Balaban J connectivity index is 2.09. The van der Waals surface area contributed by atoms with Crippen LogP contribution in [-0.2, 0) is 0 Å². The smallest absolute Gasteiger partial charge is 0.337 e. The molecule has 0 fully saturated rings. The summed E-state index contributed by atoms with van der Waals surface area (Å²) in [6, 6.07) is 13.1. The van der Waals surface area contributed by atoms with Gasteiger partial charge in [0.15, 0.2) is 0 Å². The van der Waals surface area contributed by atoms with Gasteiger partial charge in [-0.3, -0.25) is 4.79 Å². The van der Waals surface area contributed by atoms with Crippen molar-refractivity contribution in [2.24, 2.45) is 0 Å². The number of hydrogen-bond donors (Lipinski definition) is 2. The Labute approximate surface area is 141 Å². The van der Waals surface area contributed by atoms with Gasteiger partial charge in [0, 0.05) is 5.56 Å². The van der Waals surface area contributed by atoms with Gasteiger partial charge in [-0.2, -0.15) is 0 Å². The summed E-state index contributed by atoms with van der Waals surface area (Å²) in [5, 5.41) is 11.8. The van der Waals surface area contributed by atoms with Gasteiger partial charge < -0.3 is 15.2 Å². The number of rotatable bonds is 7. The Morgan fingerprint density at radius 2 is 1.67 bits per heavy atom. The van der Waals surface area contributed by atoms with Crippen molar-refractivity contribution in [3.05, 3.63) is 59.7 Å². The summed E-state index contributed by atoms with van der Waals surface area (Å²) in [6.07, 6.45) is 2.00. The molecule has 0 aromatic heterocycles. The number of anilines is 1. The molecule has 0 bridgehead atoms. The number of hydrogen-bond acceptors (Lipinski definition) is 3. The fraction of sp³-hybridized carbons (Fsp3) is 0.263. The second kappa shape index (κ2) is 8.15. The summed E-state index contributed by atoms with van der Waals surface area (Å²) in [6.45, 7) is 4.13. The van der Waals surface area contributed by atoms with Gasteiger partial charge in [-0.25, -0.2) is 4.79 Å². The van der Waals surface area contributed by atoms with Crippen molar-refractivity contribution in [2.75, 3.05) is 5.32 Å². The quantitative estimate of drug-likeness (QED) is 0.799. The molecule has 0 aliphatic heterocycles. The third-order valence-electron chi connectivity index (χ3n) is 3.74. The zero-order valence-electron chi connectivity index (χ0n) is 13.8. The number of nitrogens with one attached hydrogen (secondary N) is 1. The molecule has 0 saturated heterocycles. The maximum Gasteiger partial charge on any atom is 0.337 e. The fourth-order valence-electron chi connectivity index (χ4n) is 2.31. The third kappa shape index (κ3) is 4.35. The Hall–Kier alpha value is -2.82. The van der Waals surface area contributed by atoms with Crippen LogP contribution < -0.4 is 10.1 Å². The van der Waals surface area contributed by atoms with E-state index in [2.05, 4.69) is 19.2 Å². The van der Waals surface area contributed by atoms with Crippen LogP contribution in [0.3, 0.4) is 0 Å². The average Bonchev–Trinajstić information content (AvgIpc) is 2.60. The molecule has 2 rings (SSSR count). The molecule has 0 unspecified atom stereocenters. The van der Waals surface area contributed by atoms with Crippen LogP contribution in [0.5, 0.6) is 5.75 Å². The summed E-state index contributed by atoms with van der Waals surface area (Å²) >= 11 is 0. The second-order valence-electron chi connectivity index (χ2n) is 5.39. The van der Waals surface area contributed by atoms with E-state index in [1.807, 2.05) is 0 Å². The number of carboxylic acids is 1. The van der Waals surface area contributed by atoms with E-state index in [1.54, 1.807) is 42.5 Å². The Morgan fingerprint density at radius 1 is 1.04 bits per heavy atom. The number of carbonyl (C=O) groups excluding carboxylic acids is 1. The molecule has 2 N–H and O–H groups in total. The van der Waals surface area contributed by atoms with Crippen LogP contribution in [0.4, 0.5) is 5.69 Å². The van der Waals surface area contributed by atoms with Crippen molar-refractivity contribution in [3.63, 3.8) is 0 Å². The average molecular weight is 327 g/mol. The summed E-state index contributed by atoms with van der Waals surface area (Å²) in [5.41, 5.74) is 0.763. The van der Waals surface area contributed by atoms with Gasteiger partial charge in [0.2, 0.25) is 0 Å².